The molecule has 1 rings (SSSR count). The maximum absolute atomic E-state index is 11.9. The Morgan fingerprint density at radius 3 is 2.36 bits per heavy atom. The second-order valence-electron chi connectivity index (χ2n) is 4.20. The predicted octanol–water partition coefficient (Wildman–Crippen LogP) is 0.883. The zero-order valence-corrected chi connectivity index (χ0v) is 9.86. The molecule has 0 aliphatic heterocycles. The molecule has 0 unspecified atom stereocenters. The van der Waals surface area contributed by atoms with Crippen LogP contribution in [-0.4, -0.2) is 32.9 Å². The highest BCUT2D eigenvalue weighted by molar-refractivity contribution is 7.91. The van der Waals surface area contributed by atoms with Crippen LogP contribution in [0.15, 0.2) is 0 Å². The summed E-state index contributed by atoms with van der Waals surface area (Å²) in [5, 5.41) is 0. The molecular weight excluding hydrogens is 202 g/mol. The van der Waals surface area contributed by atoms with E-state index in [1.165, 1.54) is 0 Å². The van der Waals surface area contributed by atoms with Gasteiger partial charge < -0.3 is 4.74 Å². The van der Waals surface area contributed by atoms with Crippen molar-refractivity contribution < 1.29 is 13.2 Å². The number of methoxy groups -OCH3 is 1. The van der Waals surface area contributed by atoms with Crippen LogP contribution in [0.1, 0.15) is 33.1 Å². The molecule has 0 bridgehead atoms. The lowest BCUT2D eigenvalue weighted by Gasteiger charge is -2.18. The number of nitrogens with one attached hydrogen (secondary N) is 1. The summed E-state index contributed by atoms with van der Waals surface area (Å²) in [6.07, 6.45) is 2.13. The summed E-state index contributed by atoms with van der Waals surface area (Å²) in [5.41, 5.74) is 0. The van der Waals surface area contributed by atoms with E-state index in [0.29, 0.717) is 13.0 Å². The smallest absolute Gasteiger partial charge is 0.217 e. The Kier molecular flexibility index (Phi) is 3.55. The molecular formula is C9H19NO3S. The zero-order valence-electron chi connectivity index (χ0n) is 9.04. The molecule has 1 aliphatic carbocycles. The minimum atomic E-state index is -3.15. The lowest BCUT2D eigenvalue weighted by Crippen LogP contribution is -2.40. The Morgan fingerprint density at radius 2 is 2.00 bits per heavy atom. The lowest BCUT2D eigenvalue weighted by atomic mass is 10.3. The molecule has 1 fully saturated rings. The van der Waals surface area contributed by atoms with E-state index >= 15 is 0 Å². The molecule has 1 N–H and O–H groups in total. The fourth-order valence-corrected chi connectivity index (χ4v) is 3.38. The van der Waals surface area contributed by atoms with Crippen molar-refractivity contribution >= 4 is 10.0 Å². The van der Waals surface area contributed by atoms with Gasteiger partial charge >= 0.3 is 0 Å². The largest absolute Gasteiger partial charge is 0.385 e. The Labute approximate surface area is 86.1 Å². The molecule has 0 heterocycles. The van der Waals surface area contributed by atoms with Crippen LogP contribution in [0, 0.1) is 0 Å². The van der Waals surface area contributed by atoms with E-state index in [9.17, 15) is 8.42 Å². The fraction of sp³-hybridized carbons (Fsp3) is 1.00. The molecule has 1 aliphatic rings. The highest BCUT2D eigenvalue weighted by Crippen LogP contribution is 2.46. The molecule has 0 radical (unpaired) electrons. The minimum Gasteiger partial charge on any atom is -0.385 e. The predicted molar refractivity (Wildman–Crippen MR) is 55.6 cm³/mol. The topological polar surface area (TPSA) is 55.4 Å². The maximum Gasteiger partial charge on any atom is 0.217 e. The third-order valence-electron chi connectivity index (χ3n) is 2.53. The van der Waals surface area contributed by atoms with E-state index < -0.39 is 14.8 Å². The van der Waals surface area contributed by atoms with Crippen molar-refractivity contribution in [2.24, 2.45) is 0 Å². The molecule has 1 saturated carbocycles. The van der Waals surface area contributed by atoms with Gasteiger partial charge in [-0.15, -0.1) is 0 Å². The van der Waals surface area contributed by atoms with Crippen LogP contribution in [0.5, 0.6) is 0 Å². The summed E-state index contributed by atoms with van der Waals surface area (Å²) in [4.78, 5) is 0. The molecule has 0 aromatic carbocycles. The highest BCUT2D eigenvalue weighted by Gasteiger charge is 2.53. The Bertz CT molecular complexity index is 280. The first kappa shape index (κ1) is 11.9. The molecule has 4 nitrogen and oxygen atoms in total. The first-order valence-corrected chi connectivity index (χ1v) is 6.43. The third kappa shape index (κ3) is 2.46. The normalized spacial score (nSPS) is 20.0. The number of hydrogen-bond donors (Lipinski definition) is 1. The summed E-state index contributed by atoms with van der Waals surface area (Å²) >= 11 is 0. The van der Waals surface area contributed by atoms with E-state index in [-0.39, 0.29) is 6.04 Å². The monoisotopic (exact) mass is 221 g/mol. The van der Waals surface area contributed by atoms with Gasteiger partial charge in [-0.3, -0.25) is 0 Å². The number of hydrogen-bond acceptors (Lipinski definition) is 3. The van der Waals surface area contributed by atoms with Crippen molar-refractivity contribution in [1.82, 2.24) is 4.72 Å². The summed E-state index contributed by atoms with van der Waals surface area (Å²) in [6, 6.07) is -0.0278. The van der Waals surface area contributed by atoms with Gasteiger partial charge in [-0.2, -0.15) is 0 Å². The molecule has 0 atom stereocenters. The summed E-state index contributed by atoms with van der Waals surface area (Å²) in [7, 11) is -1.55. The summed E-state index contributed by atoms with van der Waals surface area (Å²) in [5.74, 6) is 0. The van der Waals surface area contributed by atoms with E-state index in [1.54, 1.807) is 7.11 Å². The van der Waals surface area contributed by atoms with Crippen LogP contribution in [0.2, 0.25) is 0 Å². The van der Waals surface area contributed by atoms with Crippen LogP contribution in [-0.2, 0) is 14.8 Å². The van der Waals surface area contributed by atoms with Gasteiger partial charge in [0.15, 0.2) is 0 Å². The minimum absolute atomic E-state index is 0.0278. The van der Waals surface area contributed by atoms with E-state index in [1.807, 2.05) is 13.8 Å². The molecule has 84 valence electrons. The molecule has 0 amide bonds. The third-order valence-corrected chi connectivity index (χ3v) is 5.06. The van der Waals surface area contributed by atoms with Gasteiger partial charge in [0.05, 0.1) is 4.75 Å². The number of rotatable bonds is 6. The quantitative estimate of drug-likeness (QED) is 0.724. The first-order valence-electron chi connectivity index (χ1n) is 4.94. The number of ether oxygens (including phenoxy) is 1. The SMILES string of the molecule is COCCC1(S(=O)(=O)NC(C)C)CC1. The van der Waals surface area contributed by atoms with Crippen molar-refractivity contribution in [2.75, 3.05) is 13.7 Å². The Morgan fingerprint density at radius 1 is 1.43 bits per heavy atom. The molecule has 14 heavy (non-hydrogen) atoms. The van der Waals surface area contributed by atoms with Gasteiger partial charge in [-0.25, -0.2) is 13.1 Å². The van der Waals surface area contributed by atoms with Gasteiger partial charge in [0.2, 0.25) is 10.0 Å². The second kappa shape index (κ2) is 4.16. The van der Waals surface area contributed by atoms with Crippen molar-refractivity contribution in [2.45, 2.75) is 43.9 Å². The van der Waals surface area contributed by atoms with Gasteiger partial charge in [0.1, 0.15) is 0 Å². The van der Waals surface area contributed by atoms with E-state index in [4.69, 9.17) is 4.74 Å². The van der Waals surface area contributed by atoms with Crippen molar-refractivity contribution in [3.05, 3.63) is 0 Å². The lowest BCUT2D eigenvalue weighted by molar-refractivity contribution is 0.191. The molecule has 0 aromatic heterocycles. The van der Waals surface area contributed by atoms with E-state index in [0.717, 1.165) is 12.8 Å². The molecule has 0 spiro atoms. The maximum atomic E-state index is 11.9. The number of sulfonamides is 1. The van der Waals surface area contributed by atoms with Crippen molar-refractivity contribution in [1.29, 1.82) is 0 Å². The Balaban J connectivity index is 2.62. The summed E-state index contributed by atoms with van der Waals surface area (Å²) in [6.45, 7) is 4.19. The van der Waals surface area contributed by atoms with E-state index in [2.05, 4.69) is 4.72 Å². The second-order valence-corrected chi connectivity index (χ2v) is 6.31. The van der Waals surface area contributed by atoms with Crippen LogP contribution < -0.4 is 4.72 Å². The standard InChI is InChI=1S/C9H19NO3S/c1-8(2)10-14(11,12)9(4-5-9)6-7-13-3/h8,10H,4-7H2,1-3H3. The van der Waals surface area contributed by atoms with Crippen LogP contribution in [0.25, 0.3) is 0 Å². The zero-order chi connectivity index (χ0) is 10.8. The van der Waals surface area contributed by atoms with Crippen molar-refractivity contribution in [3.63, 3.8) is 0 Å². The average Bonchev–Trinajstić information content (AvgIpc) is 2.79. The van der Waals surface area contributed by atoms with Gasteiger partial charge in [0, 0.05) is 19.8 Å². The average molecular weight is 221 g/mol. The molecule has 5 heteroatoms. The van der Waals surface area contributed by atoms with Crippen LogP contribution in [0.3, 0.4) is 0 Å². The Hall–Kier alpha value is -0.130. The van der Waals surface area contributed by atoms with Crippen LogP contribution >= 0.6 is 0 Å². The van der Waals surface area contributed by atoms with Crippen LogP contribution in [0.4, 0.5) is 0 Å². The van der Waals surface area contributed by atoms with Crippen molar-refractivity contribution in [3.8, 4) is 0 Å². The van der Waals surface area contributed by atoms with Gasteiger partial charge in [-0.1, -0.05) is 0 Å². The molecule has 0 aromatic rings. The van der Waals surface area contributed by atoms with Gasteiger partial charge in [0.25, 0.3) is 0 Å². The van der Waals surface area contributed by atoms with Gasteiger partial charge in [-0.05, 0) is 33.1 Å². The fourth-order valence-electron chi connectivity index (χ4n) is 1.52. The summed E-state index contributed by atoms with van der Waals surface area (Å²) < 4.78 is 30.8. The first-order chi connectivity index (χ1) is 6.43. The molecule has 0 saturated heterocycles. The highest BCUT2D eigenvalue weighted by atomic mass is 32.2.